The third-order valence-corrected chi connectivity index (χ3v) is 3.41. The first-order valence-electron chi connectivity index (χ1n) is 6.51. The molecule has 1 aliphatic rings. The molecule has 1 aromatic rings. The zero-order valence-corrected chi connectivity index (χ0v) is 10.9. The molecule has 2 N–H and O–H groups in total. The van der Waals surface area contributed by atoms with Crippen molar-refractivity contribution in [3.63, 3.8) is 0 Å². The molecule has 102 valence electrons. The second-order valence-corrected chi connectivity index (χ2v) is 4.73. The van der Waals surface area contributed by atoms with Crippen molar-refractivity contribution in [2.75, 3.05) is 6.54 Å². The lowest BCUT2D eigenvalue weighted by Crippen LogP contribution is -2.57. The van der Waals surface area contributed by atoms with Crippen LogP contribution in [0.5, 0.6) is 0 Å². The first-order chi connectivity index (χ1) is 9.17. The summed E-state index contributed by atoms with van der Waals surface area (Å²) in [5.41, 5.74) is 3.32. The van der Waals surface area contributed by atoms with E-state index in [1.54, 1.807) is 11.5 Å². The molecule has 1 fully saturated rings. The van der Waals surface area contributed by atoms with Crippen LogP contribution in [0.4, 0.5) is 0 Å². The van der Waals surface area contributed by atoms with Gasteiger partial charge in [-0.3, -0.25) is 14.8 Å². The maximum atomic E-state index is 12.3. The number of carbonyl (C=O) groups excluding carboxylic acids is 2. The Bertz CT molecular complexity index is 487. The Labute approximate surface area is 112 Å². The van der Waals surface area contributed by atoms with E-state index in [9.17, 15) is 9.59 Å². The summed E-state index contributed by atoms with van der Waals surface area (Å²) in [5, 5.41) is 8.62. The summed E-state index contributed by atoms with van der Waals surface area (Å²) in [6.45, 7) is 2.64. The molecule has 2 rings (SSSR count). The fourth-order valence-electron chi connectivity index (χ4n) is 2.29. The molecule has 5 heteroatoms. The van der Waals surface area contributed by atoms with E-state index in [0.29, 0.717) is 18.5 Å². The van der Waals surface area contributed by atoms with Gasteiger partial charge in [-0.05, 0) is 30.5 Å². The molecule has 5 nitrogen and oxygen atoms in total. The average Bonchev–Trinajstić information content (AvgIpc) is 2.38. The van der Waals surface area contributed by atoms with Gasteiger partial charge in [-0.1, -0.05) is 25.5 Å². The van der Waals surface area contributed by atoms with Crippen LogP contribution >= 0.6 is 0 Å². The highest BCUT2D eigenvalue weighted by molar-refractivity contribution is 5.98. The topological polar surface area (TPSA) is 69.6 Å². The fraction of sp³-hybridized carbons (Fsp3) is 0.429. The van der Waals surface area contributed by atoms with Crippen molar-refractivity contribution in [2.45, 2.75) is 32.2 Å². The van der Waals surface area contributed by atoms with E-state index in [1.165, 1.54) is 4.90 Å². The monoisotopic (exact) mass is 262 g/mol. The minimum atomic E-state index is -0.549. The van der Waals surface area contributed by atoms with E-state index in [-0.39, 0.29) is 5.91 Å². The predicted octanol–water partition coefficient (Wildman–Crippen LogP) is 1.36. The Kier molecular flexibility index (Phi) is 4.16. The molecular formula is C14H18N2O3. The minimum absolute atomic E-state index is 0.155. The number of amides is 2. The highest BCUT2D eigenvalue weighted by Gasteiger charge is 2.37. The van der Waals surface area contributed by atoms with Crippen molar-refractivity contribution in [3.05, 3.63) is 35.4 Å². The lowest BCUT2D eigenvalue weighted by atomic mass is 9.99. The third-order valence-electron chi connectivity index (χ3n) is 3.41. The second kappa shape index (κ2) is 5.84. The van der Waals surface area contributed by atoms with Gasteiger partial charge < -0.3 is 4.90 Å². The summed E-state index contributed by atoms with van der Waals surface area (Å²) >= 11 is 0. The first-order valence-corrected chi connectivity index (χ1v) is 6.51. The van der Waals surface area contributed by atoms with Gasteiger partial charge in [0, 0.05) is 12.1 Å². The molecule has 0 radical (unpaired) electrons. The largest absolute Gasteiger partial charge is 0.326 e. The molecule has 1 aromatic carbocycles. The van der Waals surface area contributed by atoms with Gasteiger partial charge in [0.15, 0.2) is 0 Å². The quantitative estimate of drug-likeness (QED) is 0.636. The van der Waals surface area contributed by atoms with Crippen molar-refractivity contribution in [1.82, 2.24) is 10.4 Å². The van der Waals surface area contributed by atoms with Crippen LogP contribution in [0.3, 0.4) is 0 Å². The van der Waals surface area contributed by atoms with Crippen LogP contribution in [-0.4, -0.2) is 34.5 Å². The number of rotatable bonds is 4. The zero-order valence-electron chi connectivity index (χ0n) is 10.9. The van der Waals surface area contributed by atoms with Gasteiger partial charge in [-0.25, -0.2) is 5.48 Å². The van der Waals surface area contributed by atoms with E-state index in [4.69, 9.17) is 5.21 Å². The molecule has 1 saturated heterocycles. The molecule has 0 bridgehead atoms. The molecule has 0 unspecified atom stereocenters. The number of hydroxylamine groups is 1. The Balaban J connectivity index is 2.11. The van der Waals surface area contributed by atoms with Gasteiger partial charge in [0.1, 0.15) is 6.04 Å². The maximum absolute atomic E-state index is 12.3. The average molecular weight is 262 g/mol. The second-order valence-electron chi connectivity index (χ2n) is 4.73. The van der Waals surface area contributed by atoms with E-state index in [0.717, 1.165) is 18.4 Å². The number of nitrogens with one attached hydrogen (secondary N) is 1. The van der Waals surface area contributed by atoms with Crippen LogP contribution in [0.15, 0.2) is 24.3 Å². The van der Waals surface area contributed by atoms with Crippen LogP contribution in [0, 0.1) is 0 Å². The van der Waals surface area contributed by atoms with Gasteiger partial charge in [0.25, 0.3) is 11.8 Å². The number of benzene rings is 1. The smallest absolute Gasteiger partial charge is 0.266 e. The SMILES string of the molecule is CCCc1cccc(C(=O)N2CC[C@@H]2C(=O)NO)c1. The molecule has 1 heterocycles. The Hall–Kier alpha value is -1.88. The van der Waals surface area contributed by atoms with Crippen LogP contribution < -0.4 is 5.48 Å². The highest BCUT2D eigenvalue weighted by Crippen LogP contribution is 2.21. The number of likely N-dealkylation sites (tertiary alicyclic amines) is 1. The minimum Gasteiger partial charge on any atom is -0.326 e. The summed E-state index contributed by atoms with van der Waals surface area (Å²) < 4.78 is 0. The molecule has 1 aliphatic heterocycles. The summed E-state index contributed by atoms with van der Waals surface area (Å²) in [6.07, 6.45) is 2.55. The lowest BCUT2D eigenvalue weighted by Gasteiger charge is -2.39. The van der Waals surface area contributed by atoms with Crippen LogP contribution in [0.2, 0.25) is 0 Å². The van der Waals surface area contributed by atoms with Crippen LogP contribution in [0.25, 0.3) is 0 Å². The fourth-order valence-corrected chi connectivity index (χ4v) is 2.29. The number of nitrogens with zero attached hydrogens (tertiary/aromatic N) is 1. The predicted molar refractivity (Wildman–Crippen MR) is 69.8 cm³/mol. The standard InChI is InChI=1S/C14H18N2O3/c1-2-4-10-5-3-6-11(9-10)14(18)16-8-7-12(16)13(17)15-19/h3,5-6,9,12,19H,2,4,7-8H2,1H3,(H,15,17)/t12-/m1/s1. The molecule has 0 spiro atoms. The first kappa shape index (κ1) is 13.5. The molecular weight excluding hydrogens is 244 g/mol. The zero-order chi connectivity index (χ0) is 13.8. The molecule has 0 aromatic heterocycles. The van der Waals surface area contributed by atoms with Gasteiger partial charge in [-0.15, -0.1) is 0 Å². The molecule has 1 atom stereocenters. The third kappa shape index (κ3) is 2.76. The van der Waals surface area contributed by atoms with E-state index in [2.05, 4.69) is 6.92 Å². The molecule has 19 heavy (non-hydrogen) atoms. The lowest BCUT2D eigenvalue weighted by molar-refractivity contribution is -0.137. The summed E-state index contributed by atoms with van der Waals surface area (Å²) in [7, 11) is 0. The van der Waals surface area contributed by atoms with Gasteiger partial charge in [0.2, 0.25) is 0 Å². The van der Waals surface area contributed by atoms with Crippen molar-refractivity contribution in [3.8, 4) is 0 Å². The van der Waals surface area contributed by atoms with Crippen molar-refractivity contribution >= 4 is 11.8 Å². The maximum Gasteiger partial charge on any atom is 0.266 e. The number of hydrogen-bond acceptors (Lipinski definition) is 3. The van der Waals surface area contributed by atoms with Gasteiger partial charge in [-0.2, -0.15) is 0 Å². The van der Waals surface area contributed by atoms with Crippen LogP contribution in [-0.2, 0) is 11.2 Å². The molecule has 0 saturated carbocycles. The Morgan fingerprint density at radius 3 is 2.84 bits per heavy atom. The van der Waals surface area contributed by atoms with E-state index >= 15 is 0 Å². The number of aryl methyl sites for hydroxylation is 1. The summed E-state index contributed by atoms with van der Waals surface area (Å²) in [4.78, 5) is 25.1. The number of hydrogen-bond donors (Lipinski definition) is 2. The van der Waals surface area contributed by atoms with Crippen LogP contribution in [0.1, 0.15) is 35.7 Å². The summed E-state index contributed by atoms with van der Waals surface area (Å²) in [5.74, 6) is -0.679. The van der Waals surface area contributed by atoms with E-state index in [1.807, 2.05) is 18.2 Å². The summed E-state index contributed by atoms with van der Waals surface area (Å²) in [6, 6.07) is 6.94. The van der Waals surface area contributed by atoms with Crippen molar-refractivity contribution < 1.29 is 14.8 Å². The Morgan fingerprint density at radius 1 is 1.47 bits per heavy atom. The highest BCUT2D eigenvalue weighted by atomic mass is 16.5. The molecule has 0 aliphatic carbocycles. The van der Waals surface area contributed by atoms with Crippen molar-refractivity contribution in [1.29, 1.82) is 0 Å². The number of carbonyl (C=O) groups is 2. The van der Waals surface area contributed by atoms with E-state index < -0.39 is 11.9 Å². The normalized spacial score (nSPS) is 17.8. The molecule has 2 amide bonds. The van der Waals surface area contributed by atoms with Gasteiger partial charge in [0.05, 0.1) is 0 Å². The van der Waals surface area contributed by atoms with Crippen molar-refractivity contribution in [2.24, 2.45) is 0 Å². The van der Waals surface area contributed by atoms with Gasteiger partial charge >= 0.3 is 0 Å². The Morgan fingerprint density at radius 2 is 2.26 bits per heavy atom.